The number of rotatable bonds is 4. The lowest BCUT2D eigenvalue weighted by Gasteiger charge is -2.26. The van der Waals surface area contributed by atoms with Crippen molar-refractivity contribution < 1.29 is 17.9 Å². The first-order valence-electron chi connectivity index (χ1n) is 5.05. The molecule has 0 saturated heterocycles. The van der Waals surface area contributed by atoms with Gasteiger partial charge in [-0.25, -0.2) is 4.98 Å². The van der Waals surface area contributed by atoms with Crippen LogP contribution in [0.1, 0.15) is 19.4 Å². The molecule has 0 atom stereocenters. The van der Waals surface area contributed by atoms with Crippen molar-refractivity contribution in [1.82, 2.24) is 4.98 Å². The first kappa shape index (κ1) is 13.8. The Hall–Kier alpha value is -1.30. The third kappa shape index (κ3) is 4.22. The first-order chi connectivity index (χ1) is 7.74. The molecule has 0 unspecified atom stereocenters. The van der Waals surface area contributed by atoms with Gasteiger partial charge >= 0.3 is 6.18 Å². The van der Waals surface area contributed by atoms with Crippen molar-refractivity contribution in [3.8, 4) is 0 Å². The van der Waals surface area contributed by atoms with Crippen LogP contribution in [-0.4, -0.2) is 24.2 Å². The van der Waals surface area contributed by atoms with Crippen LogP contribution in [0.15, 0.2) is 18.3 Å². The number of nitrogens with zero attached hydrogens (tertiary/aromatic N) is 1. The number of alkyl halides is 3. The number of hydrogen-bond acceptors (Lipinski definition) is 3. The number of halogens is 3. The molecule has 1 N–H and O–H groups in total. The SMILES string of the molecule is COCC(C)(C)Nc1cc(C(F)(F)F)ccn1. The molecule has 3 nitrogen and oxygen atoms in total. The molecule has 0 aliphatic carbocycles. The van der Waals surface area contributed by atoms with Gasteiger partial charge < -0.3 is 10.1 Å². The molecular weight excluding hydrogens is 233 g/mol. The molecule has 0 bridgehead atoms. The summed E-state index contributed by atoms with van der Waals surface area (Å²) in [5.41, 5.74) is -1.20. The molecule has 6 heteroatoms. The summed E-state index contributed by atoms with van der Waals surface area (Å²) < 4.78 is 42.4. The third-order valence-electron chi connectivity index (χ3n) is 2.06. The quantitative estimate of drug-likeness (QED) is 0.889. The highest BCUT2D eigenvalue weighted by atomic mass is 19.4. The van der Waals surface area contributed by atoms with Crippen LogP contribution >= 0.6 is 0 Å². The van der Waals surface area contributed by atoms with Crippen LogP contribution in [0.3, 0.4) is 0 Å². The minimum atomic E-state index is -4.36. The maximum atomic E-state index is 12.5. The molecule has 1 aromatic rings. The molecule has 0 aliphatic rings. The maximum absolute atomic E-state index is 12.5. The molecule has 0 radical (unpaired) electrons. The monoisotopic (exact) mass is 248 g/mol. The average molecular weight is 248 g/mol. The lowest BCUT2D eigenvalue weighted by molar-refractivity contribution is -0.137. The van der Waals surface area contributed by atoms with Crippen LogP contribution in [0.25, 0.3) is 0 Å². The third-order valence-corrected chi connectivity index (χ3v) is 2.06. The number of hydrogen-bond donors (Lipinski definition) is 1. The Morgan fingerprint density at radius 1 is 1.35 bits per heavy atom. The van der Waals surface area contributed by atoms with Crippen molar-refractivity contribution in [3.63, 3.8) is 0 Å². The zero-order chi connectivity index (χ0) is 13.1. The summed E-state index contributed by atoms with van der Waals surface area (Å²) in [6, 6.07) is 1.92. The fraction of sp³-hybridized carbons (Fsp3) is 0.545. The van der Waals surface area contributed by atoms with Gasteiger partial charge in [0, 0.05) is 13.3 Å². The standard InChI is InChI=1S/C11H15F3N2O/c1-10(2,7-17-3)16-9-6-8(4-5-15-9)11(12,13)14/h4-6H,7H2,1-3H3,(H,15,16). The minimum Gasteiger partial charge on any atom is -0.382 e. The molecule has 17 heavy (non-hydrogen) atoms. The molecule has 1 aromatic heterocycles. The fourth-order valence-electron chi connectivity index (χ4n) is 1.42. The molecule has 0 spiro atoms. The van der Waals surface area contributed by atoms with Gasteiger partial charge in [0.1, 0.15) is 5.82 Å². The fourth-order valence-corrected chi connectivity index (χ4v) is 1.42. The summed E-state index contributed by atoms with van der Waals surface area (Å²) in [6.45, 7) is 4.00. The first-order valence-corrected chi connectivity index (χ1v) is 5.05. The number of anilines is 1. The van der Waals surface area contributed by atoms with Gasteiger partial charge in [-0.05, 0) is 26.0 Å². The molecule has 1 rings (SSSR count). The Bertz CT molecular complexity index is 377. The van der Waals surface area contributed by atoms with Crippen LogP contribution in [0, 0.1) is 0 Å². The van der Waals surface area contributed by atoms with Gasteiger partial charge in [0.2, 0.25) is 0 Å². The second-order valence-electron chi connectivity index (χ2n) is 4.37. The van der Waals surface area contributed by atoms with Gasteiger partial charge in [-0.1, -0.05) is 0 Å². The summed E-state index contributed by atoms with van der Waals surface area (Å²) in [7, 11) is 1.53. The molecular formula is C11H15F3N2O. The number of ether oxygens (including phenoxy) is 1. The van der Waals surface area contributed by atoms with Crippen molar-refractivity contribution in [1.29, 1.82) is 0 Å². The Labute approximate surface area is 98.0 Å². The molecule has 0 saturated carbocycles. The molecule has 1 heterocycles. The van der Waals surface area contributed by atoms with Gasteiger partial charge in [0.05, 0.1) is 17.7 Å². The summed E-state index contributed by atoms with van der Waals surface area (Å²) in [5.74, 6) is 0.182. The van der Waals surface area contributed by atoms with Crippen LogP contribution in [-0.2, 0) is 10.9 Å². The molecule has 0 amide bonds. The van der Waals surface area contributed by atoms with E-state index in [1.165, 1.54) is 7.11 Å². The van der Waals surface area contributed by atoms with E-state index in [1.54, 1.807) is 0 Å². The predicted octanol–water partition coefficient (Wildman–Crippen LogP) is 2.94. The second-order valence-corrected chi connectivity index (χ2v) is 4.37. The van der Waals surface area contributed by atoms with Crippen LogP contribution < -0.4 is 5.32 Å². The van der Waals surface area contributed by atoms with Gasteiger partial charge in [-0.15, -0.1) is 0 Å². The highest BCUT2D eigenvalue weighted by molar-refractivity contribution is 5.40. The van der Waals surface area contributed by atoms with Crippen molar-refractivity contribution in [2.24, 2.45) is 0 Å². The van der Waals surface area contributed by atoms with Crippen molar-refractivity contribution in [2.45, 2.75) is 25.6 Å². The van der Waals surface area contributed by atoms with E-state index >= 15 is 0 Å². The Kier molecular flexibility index (Phi) is 3.98. The van der Waals surface area contributed by atoms with Gasteiger partial charge in [-0.2, -0.15) is 13.2 Å². The summed E-state index contributed by atoms with van der Waals surface area (Å²) in [5, 5.41) is 2.90. The highest BCUT2D eigenvalue weighted by Gasteiger charge is 2.31. The van der Waals surface area contributed by atoms with E-state index < -0.39 is 17.3 Å². The summed E-state index contributed by atoms with van der Waals surface area (Å²) >= 11 is 0. The largest absolute Gasteiger partial charge is 0.416 e. The average Bonchev–Trinajstić information content (AvgIpc) is 2.15. The highest BCUT2D eigenvalue weighted by Crippen LogP contribution is 2.30. The second kappa shape index (κ2) is 4.91. The zero-order valence-electron chi connectivity index (χ0n) is 9.93. The van der Waals surface area contributed by atoms with E-state index in [0.717, 1.165) is 18.3 Å². The van der Waals surface area contributed by atoms with Crippen LogP contribution in [0.4, 0.5) is 19.0 Å². The Balaban J connectivity index is 2.86. The van der Waals surface area contributed by atoms with E-state index in [-0.39, 0.29) is 5.82 Å². The van der Waals surface area contributed by atoms with E-state index in [0.29, 0.717) is 6.61 Å². The van der Waals surface area contributed by atoms with Crippen molar-refractivity contribution >= 4 is 5.82 Å². The number of methoxy groups -OCH3 is 1. The lowest BCUT2D eigenvalue weighted by Crippen LogP contribution is -2.36. The number of nitrogens with one attached hydrogen (secondary N) is 1. The molecule has 0 fully saturated rings. The summed E-state index contributed by atoms with van der Waals surface area (Å²) in [4.78, 5) is 3.85. The van der Waals surface area contributed by atoms with Gasteiger partial charge in [0.15, 0.2) is 0 Å². The minimum absolute atomic E-state index is 0.182. The smallest absolute Gasteiger partial charge is 0.382 e. The number of aromatic nitrogens is 1. The molecule has 0 aromatic carbocycles. The lowest BCUT2D eigenvalue weighted by atomic mass is 10.1. The van der Waals surface area contributed by atoms with Gasteiger partial charge in [-0.3, -0.25) is 0 Å². The van der Waals surface area contributed by atoms with E-state index in [9.17, 15) is 13.2 Å². The van der Waals surface area contributed by atoms with Crippen LogP contribution in [0.2, 0.25) is 0 Å². The molecule has 0 aliphatic heterocycles. The van der Waals surface area contributed by atoms with Crippen LogP contribution in [0.5, 0.6) is 0 Å². The summed E-state index contributed by atoms with van der Waals surface area (Å²) in [6.07, 6.45) is -3.22. The predicted molar refractivity (Wildman–Crippen MR) is 58.8 cm³/mol. The van der Waals surface area contributed by atoms with Crippen molar-refractivity contribution in [3.05, 3.63) is 23.9 Å². The van der Waals surface area contributed by atoms with E-state index in [4.69, 9.17) is 4.74 Å². The Morgan fingerprint density at radius 2 is 2.00 bits per heavy atom. The molecule has 96 valence electrons. The van der Waals surface area contributed by atoms with Crippen molar-refractivity contribution in [2.75, 3.05) is 19.0 Å². The normalized spacial score (nSPS) is 12.6. The van der Waals surface area contributed by atoms with Gasteiger partial charge in [0.25, 0.3) is 0 Å². The Morgan fingerprint density at radius 3 is 2.53 bits per heavy atom. The number of pyridine rings is 1. The topological polar surface area (TPSA) is 34.1 Å². The van der Waals surface area contributed by atoms with E-state index in [2.05, 4.69) is 10.3 Å². The zero-order valence-corrected chi connectivity index (χ0v) is 9.93. The maximum Gasteiger partial charge on any atom is 0.416 e. The van der Waals surface area contributed by atoms with E-state index in [1.807, 2.05) is 13.8 Å².